The fourth-order valence-corrected chi connectivity index (χ4v) is 3.54. The lowest BCUT2D eigenvalue weighted by Gasteiger charge is -2.11. The summed E-state index contributed by atoms with van der Waals surface area (Å²) >= 11 is 0. The fourth-order valence-electron chi connectivity index (χ4n) is 3.54. The molecule has 1 N–H and O–H groups in total. The lowest BCUT2D eigenvalue weighted by atomic mass is 9.95. The van der Waals surface area contributed by atoms with Gasteiger partial charge < -0.3 is 5.32 Å². The highest BCUT2D eigenvalue weighted by atomic mass is 14.9. The summed E-state index contributed by atoms with van der Waals surface area (Å²) in [5.41, 5.74) is 1.47. The van der Waals surface area contributed by atoms with E-state index in [0.717, 1.165) is 17.8 Å². The molecule has 1 aliphatic heterocycles. The highest BCUT2D eigenvalue weighted by Crippen LogP contribution is 2.41. The molecule has 1 nitrogen and oxygen atoms in total. The van der Waals surface area contributed by atoms with Crippen LogP contribution in [0.3, 0.4) is 0 Å². The molecule has 18 heavy (non-hydrogen) atoms. The second kappa shape index (κ2) is 6.94. The van der Waals surface area contributed by atoms with E-state index in [1.807, 2.05) is 6.08 Å². The standard InChI is InChI=1S/C17H27N/c1-3-5-6-8-14(7-4-2)9-15-10-16-12-18-13-17(16)11-15/h4,6-8,15-18H,2-3,5,9-13H2,1H3/b8-6-,14-7+. The molecule has 2 aliphatic rings. The average molecular weight is 245 g/mol. The van der Waals surface area contributed by atoms with Gasteiger partial charge in [-0.3, -0.25) is 0 Å². The fraction of sp³-hybridized carbons (Fsp3) is 0.647. The van der Waals surface area contributed by atoms with Crippen molar-refractivity contribution in [3.05, 3.63) is 36.5 Å². The Labute approximate surface area is 112 Å². The van der Waals surface area contributed by atoms with Crippen molar-refractivity contribution in [2.75, 3.05) is 13.1 Å². The van der Waals surface area contributed by atoms with Gasteiger partial charge in [-0.1, -0.05) is 44.2 Å². The molecule has 0 bridgehead atoms. The maximum atomic E-state index is 3.84. The lowest BCUT2D eigenvalue weighted by Crippen LogP contribution is -2.12. The normalized spacial score (nSPS) is 32.1. The molecule has 0 amide bonds. The smallest absolute Gasteiger partial charge is 0.00172 e. The van der Waals surface area contributed by atoms with Crippen molar-refractivity contribution in [2.45, 2.75) is 39.0 Å². The van der Waals surface area contributed by atoms with Gasteiger partial charge in [-0.05, 0) is 62.1 Å². The zero-order valence-electron chi connectivity index (χ0n) is 11.7. The van der Waals surface area contributed by atoms with E-state index >= 15 is 0 Å². The third-order valence-electron chi connectivity index (χ3n) is 4.40. The topological polar surface area (TPSA) is 12.0 Å². The van der Waals surface area contributed by atoms with Crippen molar-refractivity contribution in [1.29, 1.82) is 0 Å². The Kier molecular flexibility index (Phi) is 5.25. The van der Waals surface area contributed by atoms with Crippen LogP contribution in [0.2, 0.25) is 0 Å². The number of unbranched alkanes of at least 4 members (excludes halogenated alkanes) is 1. The highest BCUT2D eigenvalue weighted by Gasteiger charge is 2.36. The van der Waals surface area contributed by atoms with E-state index in [1.54, 1.807) is 0 Å². The summed E-state index contributed by atoms with van der Waals surface area (Å²) in [6, 6.07) is 0. The third-order valence-corrected chi connectivity index (χ3v) is 4.40. The predicted octanol–water partition coefficient (Wildman–Crippen LogP) is 4.09. The van der Waals surface area contributed by atoms with Crippen molar-refractivity contribution in [2.24, 2.45) is 17.8 Å². The molecule has 0 spiro atoms. The van der Waals surface area contributed by atoms with Crippen LogP contribution >= 0.6 is 0 Å². The van der Waals surface area contributed by atoms with E-state index in [0.29, 0.717) is 0 Å². The first-order valence-electron chi connectivity index (χ1n) is 7.52. The molecule has 100 valence electrons. The second-order valence-electron chi connectivity index (χ2n) is 5.89. The number of rotatable bonds is 6. The lowest BCUT2D eigenvalue weighted by molar-refractivity contribution is 0.492. The third kappa shape index (κ3) is 3.58. The molecule has 0 aromatic rings. The summed E-state index contributed by atoms with van der Waals surface area (Å²) in [5, 5.41) is 3.52. The zero-order valence-corrected chi connectivity index (χ0v) is 11.7. The average Bonchev–Trinajstić information content (AvgIpc) is 2.90. The largest absolute Gasteiger partial charge is 0.316 e. The molecule has 0 aromatic heterocycles. The van der Waals surface area contributed by atoms with Gasteiger partial charge in [0.25, 0.3) is 0 Å². The van der Waals surface area contributed by atoms with E-state index in [9.17, 15) is 0 Å². The first-order valence-corrected chi connectivity index (χ1v) is 7.52. The molecule has 1 heterocycles. The maximum Gasteiger partial charge on any atom is -0.00172 e. The highest BCUT2D eigenvalue weighted by molar-refractivity contribution is 5.23. The van der Waals surface area contributed by atoms with Crippen LogP contribution in [0.25, 0.3) is 0 Å². The SMILES string of the molecule is C=C/C=C(\C=C/CCC)CC1CC2CNCC2C1. The summed E-state index contributed by atoms with van der Waals surface area (Å²) < 4.78 is 0. The molecule has 2 rings (SSSR count). The van der Waals surface area contributed by atoms with Gasteiger partial charge in [0.2, 0.25) is 0 Å². The molecule has 2 unspecified atom stereocenters. The van der Waals surface area contributed by atoms with Crippen molar-refractivity contribution >= 4 is 0 Å². The molecule has 1 aliphatic carbocycles. The van der Waals surface area contributed by atoms with E-state index in [1.165, 1.54) is 50.8 Å². The molecule has 2 fully saturated rings. The van der Waals surface area contributed by atoms with Gasteiger partial charge in [0.1, 0.15) is 0 Å². The number of allylic oxidation sites excluding steroid dienone is 5. The minimum Gasteiger partial charge on any atom is -0.316 e. The Morgan fingerprint density at radius 1 is 1.28 bits per heavy atom. The van der Waals surface area contributed by atoms with Crippen LogP contribution in [-0.2, 0) is 0 Å². The first-order chi connectivity index (χ1) is 8.83. The van der Waals surface area contributed by atoms with Crippen LogP contribution in [0.5, 0.6) is 0 Å². The van der Waals surface area contributed by atoms with Crippen molar-refractivity contribution in [1.82, 2.24) is 5.32 Å². The number of fused-ring (bicyclic) bond motifs is 1. The number of hydrogen-bond acceptors (Lipinski definition) is 1. The second-order valence-corrected chi connectivity index (χ2v) is 5.89. The van der Waals surface area contributed by atoms with Gasteiger partial charge in [0.15, 0.2) is 0 Å². The van der Waals surface area contributed by atoms with Crippen molar-refractivity contribution < 1.29 is 0 Å². The summed E-state index contributed by atoms with van der Waals surface area (Å²) in [5.74, 6) is 2.82. The van der Waals surface area contributed by atoms with Crippen LogP contribution in [0.15, 0.2) is 36.5 Å². The minimum absolute atomic E-state index is 0.902. The minimum atomic E-state index is 0.902. The Hall–Kier alpha value is -0.820. The summed E-state index contributed by atoms with van der Waals surface area (Å²) in [6.45, 7) is 8.58. The maximum absolute atomic E-state index is 3.84. The van der Waals surface area contributed by atoms with Crippen LogP contribution in [0.1, 0.15) is 39.0 Å². The number of hydrogen-bond donors (Lipinski definition) is 1. The summed E-state index contributed by atoms with van der Waals surface area (Å²) in [7, 11) is 0. The van der Waals surface area contributed by atoms with Gasteiger partial charge in [0.05, 0.1) is 0 Å². The van der Waals surface area contributed by atoms with Crippen LogP contribution < -0.4 is 5.32 Å². The van der Waals surface area contributed by atoms with E-state index in [-0.39, 0.29) is 0 Å². The summed E-state index contributed by atoms with van der Waals surface area (Å²) in [6.07, 6.45) is 15.3. The van der Waals surface area contributed by atoms with Gasteiger partial charge in [-0.2, -0.15) is 0 Å². The molecule has 1 saturated carbocycles. The van der Waals surface area contributed by atoms with Crippen LogP contribution in [0.4, 0.5) is 0 Å². The van der Waals surface area contributed by atoms with Crippen molar-refractivity contribution in [3.8, 4) is 0 Å². The molecular weight excluding hydrogens is 218 g/mol. The quantitative estimate of drug-likeness (QED) is 0.695. The Balaban J connectivity index is 1.86. The monoisotopic (exact) mass is 245 g/mol. The zero-order chi connectivity index (χ0) is 12.8. The van der Waals surface area contributed by atoms with Gasteiger partial charge in [-0.25, -0.2) is 0 Å². The predicted molar refractivity (Wildman–Crippen MR) is 79.5 cm³/mol. The molecule has 0 radical (unpaired) electrons. The molecule has 1 saturated heterocycles. The van der Waals surface area contributed by atoms with E-state index in [2.05, 4.69) is 37.0 Å². The molecule has 1 heteroatoms. The molecular formula is C17H27N. The Morgan fingerprint density at radius 3 is 2.61 bits per heavy atom. The van der Waals surface area contributed by atoms with Crippen molar-refractivity contribution in [3.63, 3.8) is 0 Å². The Bertz CT molecular complexity index is 315. The Morgan fingerprint density at radius 2 is 2.00 bits per heavy atom. The first kappa shape index (κ1) is 13.6. The summed E-state index contributed by atoms with van der Waals surface area (Å²) in [4.78, 5) is 0. The molecule has 2 atom stereocenters. The van der Waals surface area contributed by atoms with E-state index < -0.39 is 0 Å². The van der Waals surface area contributed by atoms with Crippen LogP contribution in [-0.4, -0.2) is 13.1 Å². The van der Waals surface area contributed by atoms with Gasteiger partial charge in [-0.15, -0.1) is 0 Å². The van der Waals surface area contributed by atoms with Gasteiger partial charge in [0, 0.05) is 0 Å². The number of nitrogens with one attached hydrogen (secondary N) is 1. The van der Waals surface area contributed by atoms with E-state index in [4.69, 9.17) is 0 Å². The molecule has 0 aromatic carbocycles. The van der Waals surface area contributed by atoms with Gasteiger partial charge >= 0.3 is 0 Å². The van der Waals surface area contributed by atoms with Crippen LogP contribution in [0, 0.1) is 17.8 Å².